The molecule has 0 saturated carbocycles. The molecule has 0 radical (unpaired) electrons. The molecular formula is C37H35BrCl2F6N4O6Si2. The van der Waals surface area contributed by atoms with Crippen molar-refractivity contribution in [1.82, 2.24) is 9.97 Å². The molecule has 2 aromatic carbocycles. The van der Waals surface area contributed by atoms with Crippen molar-refractivity contribution in [1.29, 1.82) is 0 Å². The lowest BCUT2D eigenvalue weighted by molar-refractivity contribution is -0.385. The van der Waals surface area contributed by atoms with Gasteiger partial charge in [-0.1, -0.05) is 68.8 Å². The number of halogens is 9. The van der Waals surface area contributed by atoms with E-state index in [1.54, 1.807) is 0 Å². The van der Waals surface area contributed by atoms with Gasteiger partial charge >= 0.3 is 12.4 Å². The monoisotopic (exact) mass is 950 g/mol. The molecule has 0 saturated heterocycles. The van der Waals surface area contributed by atoms with Gasteiger partial charge in [-0.25, -0.2) is 9.97 Å². The SMILES string of the molecule is C#C[Si](C)(C)C.CC[Si](C)(C)C#Cc1cc([N+](=O)[O-])c(C)nc1Oc1ccc(Cl)c(C(F)(F)F)c1.Cc1nc(Oc2ccc(Cl)c(C(F)(F)F)c2)c(Br)cc1[N+](=O)[O-]. The Bertz CT molecular complexity index is 2290. The lowest BCUT2D eigenvalue weighted by Gasteiger charge is -2.13. The summed E-state index contributed by atoms with van der Waals surface area (Å²) in [5.74, 6) is 2.38. The molecule has 0 aliphatic rings. The van der Waals surface area contributed by atoms with Crippen molar-refractivity contribution >= 4 is 66.7 Å². The molecule has 0 aliphatic heterocycles. The zero-order valence-electron chi connectivity index (χ0n) is 32.0. The molecule has 58 heavy (non-hydrogen) atoms. The second-order valence-corrected chi connectivity index (χ2v) is 24.9. The van der Waals surface area contributed by atoms with Gasteiger partial charge in [-0.05, 0) is 72.2 Å². The minimum atomic E-state index is -4.66. The molecule has 0 N–H and O–H groups in total. The van der Waals surface area contributed by atoms with Gasteiger partial charge in [-0.15, -0.1) is 17.5 Å². The van der Waals surface area contributed by atoms with Crippen LogP contribution in [0.25, 0.3) is 0 Å². The molecule has 21 heteroatoms. The third-order valence-corrected chi connectivity index (χ3v) is 12.1. The molecule has 10 nitrogen and oxygen atoms in total. The van der Waals surface area contributed by atoms with Crippen LogP contribution in [0.3, 0.4) is 0 Å². The van der Waals surface area contributed by atoms with Crippen LogP contribution in [0.15, 0.2) is 53.0 Å². The molecule has 0 atom stereocenters. The lowest BCUT2D eigenvalue weighted by Crippen LogP contribution is -2.21. The number of nitro groups is 2. The number of hydrogen-bond donors (Lipinski definition) is 0. The second-order valence-electron chi connectivity index (χ2n) is 13.7. The first-order valence-electron chi connectivity index (χ1n) is 16.6. The molecule has 310 valence electrons. The van der Waals surface area contributed by atoms with Crippen LogP contribution in [0.2, 0.25) is 48.8 Å². The Kier molecular flexibility index (Phi) is 16.9. The van der Waals surface area contributed by atoms with E-state index in [9.17, 15) is 46.6 Å². The van der Waals surface area contributed by atoms with Crippen LogP contribution in [0, 0.1) is 57.5 Å². The normalized spacial score (nSPS) is 11.4. The average Bonchev–Trinajstić information content (AvgIpc) is 3.10. The topological polar surface area (TPSA) is 131 Å². The molecule has 2 heterocycles. The number of aryl methyl sites for hydroxylation is 2. The number of ether oxygens (including phenoxy) is 2. The number of hydrogen-bond acceptors (Lipinski definition) is 8. The Labute approximate surface area is 350 Å². The third kappa shape index (κ3) is 14.9. The van der Waals surface area contributed by atoms with Crippen molar-refractivity contribution in [2.75, 3.05) is 0 Å². The van der Waals surface area contributed by atoms with Crippen molar-refractivity contribution in [2.24, 2.45) is 0 Å². The summed E-state index contributed by atoms with van der Waals surface area (Å²) in [5, 5.41) is 21.1. The summed E-state index contributed by atoms with van der Waals surface area (Å²) in [5.41, 5.74) is 3.55. The van der Waals surface area contributed by atoms with Crippen LogP contribution < -0.4 is 9.47 Å². The smallest absolute Gasteiger partial charge is 0.417 e. The molecule has 0 spiro atoms. The number of pyridine rings is 2. The zero-order valence-corrected chi connectivity index (χ0v) is 37.1. The van der Waals surface area contributed by atoms with Crippen LogP contribution in [0.1, 0.15) is 35.0 Å². The Balaban J connectivity index is 0.000000357. The summed E-state index contributed by atoms with van der Waals surface area (Å²) >= 11 is 14.2. The van der Waals surface area contributed by atoms with Crippen molar-refractivity contribution < 1.29 is 45.7 Å². The summed E-state index contributed by atoms with van der Waals surface area (Å²) in [7, 11) is -2.96. The first-order valence-corrected chi connectivity index (χ1v) is 24.8. The quantitative estimate of drug-likeness (QED) is 0.0588. The second kappa shape index (κ2) is 19.9. The standard InChI is InChI=1S/C19H18ClF3N2O3Si.C13H7BrClF3N2O3.C5H10Si/c1-5-29(3,4)9-8-13-10-17(25(26)27)12(2)24-18(13)28-14-6-7-16(20)15(11-14)19(21,22)23;1-6-11(20(21)22)5-9(14)12(19-6)23-7-2-3-10(15)8(4-7)13(16,17)18;1-5-6(2,3)4/h6-7,10-11H,5H2,1-4H3;2-5H,1H3;1H,2-4H3. The van der Waals surface area contributed by atoms with Crippen LogP contribution in [0.5, 0.6) is 23.3 Å². The van der Waals surface area contributed by atoms with Crippen molar-refractivity contribution in [3.8, 4) is 46.7 Å². The highest BCUT2D eigenvalue weighted by Crippen LogP contribution is 2.40. The van der Waals surface area contributed by atoms with Crippen LogP contribution in [-0.2, 0) is 12.4 Å². The third-order valence-electron chi connectivity index (χ3n) is 7.42. The predicted octanol–water partition coefficient (Wildman–Crippen LogP) is 13.4. The molecule has 0 bridgehead atoms. The minimum absolute atomic E-state index is 0.0626. The number of terminal acetylenes is 1. The largest absolute Gasteiger partial charge is 0.438 e. The summed E-state index contributed by atoms with van der Waals surface area (Å²) in [6.45, 7) is 15.3. The first-order chi connectivity index (χ1) is 26.5. The average molecular weight is 953 g/mol. The fourth-order valence-electron chi connectivity index (χ4n) is 3.85. The molecule has 0 unspecified atom stereocenters. The molecular weight excluding hydrogens is 917 g/mol. The maximum absolute atomic E-state index is 13.1. The zero-order chi connectivity index (χ0) is 44.6. The van der Waals surface area contributed by atoms with E-state index in [2.05, 4.69) is 62.5 Å². The Hall–Kier alpha value is -4.67. The maximum atomic E-state index is 13.1. The molecule has 0 aliphatic carbocycles. The van der Waals surface area contributed by atoms with Gasteiger partial charge in [0.15, 0.2) is 0 Å². The van der Waals surface area contributed by atoms with Gasteiger partial charge < -0.3 is 9.47 Å². The van der Waals surface area contributed by atoms with Gasteiger partial charge in [-0.2, -0.15) is 26.3 Å². The number of nitrogens with zero attached hydrogens (tertiary/aromatic N) is 4. The molecule has 2 aromatic heterocycles. The van der Waals surface area contributed by atoms with Gasteiger partial charge in [0, 0.05) is 12.1 Å². The number of rotatable bonds is 7. The Morgan fingerprint density at radius 2 is 1.17 bits per heavy atom. The number of aromatic nitrogens is 2. The van der Waals surface area contributed by atoms with Crippen molar-refractivity contribution in [3.05, 3.63) is 111 Å². The van der Waals surface area contributed by atoms with E-state index in [-0.39, 0.29) is 56.1 Å². The highest BCUT2D eigenvalue weighted by Gasteiger charge is 2.35. The van der Waals surface area contributed by atoms with E-state index >= 15 is 0 Å². The predicted molar refractivity (Wildman–Crippen MR) is 219 cm³/mol. The van der Waals surface area contributed by atoms with Gasteiger partial charge in [-0.3, -0.25) is 20.2 Å². The van der Waals surface area contributed by atoms with Crippen LogP contribution in [0.4, 0.5) is 37.7 Å². The lowest BCUT2D eigenvalue weighted by atomic mass is 10.2. The molecule has 0 fully saturated rings. The number of alkyl halides is 6. The molecule has 4 rings (SSSR count). The van der Waals surface area contributed by atoms with Gasteiger partial charge in [0.05, 0.1) is 41.1 Å². The first kappa shape index (κ1) is 49.5. The fraction of sp³-hybridized carbons (Fsp3) is 0.297. The van der Waals surface area contributed by atoms with E-state index in [1.165, 1.54) is 32.0 Å². The highest BCUT2D eigenvalue weighted by molar-refractivity contribution is 9.10. The fourth-order valence-corrected chi connectivity index (χ4v) is 5.33. The van der Waals surface area contributed by atoms with Crippen molar-refractivity contribution in [3.63, 3.8) is 0 Å². The highest BCUT2D eigenvalue weighted by atomic mass is 79.9. The summed E-state index contributed by atoms with van der Waals surface area (Å²) < 4.78 is 88.7. The molecule has 0 amide bonds. The summed E-state index contributed by atoms with van der Waals surface area (Å²) in [6.07, 6.45) is -4.17. The van der Waals surface area contributed by atoms with Crippen LogP contribution in [-0.4, -0.2) is 36.0 Å². The maximum Gasteiger partial charge on any atom is 0.417 e. The minimum Gasteiger partial charge on any atom is -0.438 e. The summed E-state index contributed by atoms with van der Waals surface area (Å²) in [6, 6.07) is 9.35. The Morgan fingerprint density at radius 3 is 1.55 bits per heavy atom. The van der Waals surface area contributed by atoms with E-state index in [1.807, 2.05) is 20.0 Å². The molecule has 4 aromatic rings. The van der Waals surface area contributed by atoms with Gasteiger partial charge in [0.25, 0.3) is 11.4 Å². The van der Waals surface area contributed by atoms with E-state index in [0.717, 1.165) is 36.4 Å². The van der Waals surface area contributed by atoms with E-state index in [4.69, 9.17) is 39.1 Å². The van der Waals surface area contributed by atoms with Crippen molar-refractivity contribution in [2.45, 2.75) is 71.9 Å². The Morgan fingerprint density at radius 1 is 0.776 bits per heavy atom. The van der Waals surface area contributed by atoms with E-state index in [0.29, 0.717) is 0 Å². The van der Waals surface area contributed by atoms with Crippen LogP contribution >= 0.6 is 39.1 Å². The van der Waals surface area contributed by atoms with Gasteiger partial charge in [0.1, 0.15) is 39.0 Å². The summed E-state index contributed by atoms with van der Waals surface area (Å²) in [4.78, 5) is 28.8. The van der Waals surface area contributed by atoms with E-state index < -0.39 is 59.5 Å². The number of benzene rings is 2. The van der Waals surface area contributed by atoms with Gasteiger partial charge in [0.2, 0.25) is 11.8 Å².